The molecule has 0 spiro atoms. The summed E-state index contributed by atoms with van der Waals surface area (Å²) in [5, 5.41) is 2.90. The van der Waals surface area contributed by atoms with Crippen LogP contribution in [0.2, 0.25) is 0 Å². The number of rotatable bonds is 6. The molecule has 0 aromatic heterocycles. The van der Waals surface area contributed by atoms with E-state index in [-0.39, 0.29) is 23.7 Å². The van der Waals surface area contributed by atoms with E-state index in [2.05, 4.69) is 17.1 Å². The number of carbonyl (C=O) groups is 2. The molecule has 2 atom stereocenters. The number of likely N-dealkylation sites (N-methyl/N-ethyl adjacent to an activating group) is 1. The first kappa shape index (κ1) is 17.7. The van der Waals surface area contributed by atoms with E-state index in [0.29, 0.717) is 13.0 Å². The minimum atomic E-state index is -0.191. The smallest absolute Gasteiger partial charge is 0.228 e. The second kappa shape index (κ2) is 7.87. The lowest BCUT2D eigenvalue weighted by molar-refractivity contribution is -0.135. The number of nitrogens with one attached hydrogen (secondary N) is 1. The van der Waals surface area contributed by atoms with Crippen molar-refractivity contribution in [3.05, 3.63) is 24.3 Å². The van der Waals surface area contributed by atoms with Gasteiger partial charge in [0.1, 0.15) is 5.75 Å². The van der Waals surface area contributed by atoms with Gasteiger partial charge in [-0.05, 0) is 44.2 Å². The van der Waals surface area contributed by atoms with Crippen molar-refractivity contribution in [2.45, 2.75) is 20.3 Å². The van der Waals surface area contributed by atoms with Crippen molar-refractivity contribution < 1.29 is 14.3 Å². The molecular weight excluding hydrogens is 318 g/mol. The number of anilines is 1. The van der Waals surface area contributed by atoms with Crippen LogP contribution in [-0.4, -0.2) is 60.9 Å². The fourth-order valence-corrected chi connectivity index (χ4v) is 3.31. The number of carbonyl (C=O) groups excluding carboxylic acids is 2. The number of benzene rings is 1. The SMILES string of the molecule is CCOc1ccc(NC(=O)C2CC2C(=O)N2CCN(CC)CC2)cc1. The molecule has 1 aromatic carbocycles. The van der Waals surface area contributed by atoms with Crippen LogP contribution in [0, 0.1) is 11.8 Å². The van der Waals surface area contributed by atoms with Gasteiger partial charge in [0.05, 0.1) is 18.4 Å². The van der Waals surface area contributed by atoms with Gasteiger partial charge in [0.25, 0.3) is 0 Å². The molecule has 25 heavy (non-hydrogen) atoms. The molecule has 0 radical (unpaired) electrons. The van der Waals surface area contributed by atoms with E-state index < -0.39 is 0 Å². The van der Waals surface area contributed by atoms with Crippen LogP contribution in [0.15, 0.2) is 24.3 Å². The normalized spacial score (nSPS) is 23.2. The van der Waals surface area contributed by atoms with Crippen LogP contribution in [0.3, 0.4) is 0 Å². The summed E-state index contributed by atoms with van der Waals surface area (Å²) in [6.45, 7) is 9.12. The Labute approximate surface area is 149 Å². The first-order valence-corrected chi connectivity index (χ1v) is 9.17. The molecule has 3 rings (SSSR count). The van der Waals surface area contributed by atoms with Crippen LogP contribution in [0.4, 0.5) is 5.69 Å². The molecule has 2 amide bonds. The monoisotopic (exact) mass is 345 g/mol. The summed E-state index contributed by atoms with van der Waals surface area (Å²) < 4.78 is 5.39. The zero-order valence-electron chi connectivity index (χ0n) is 15.0. The quantitative estimate of drug-likeness (QED) is 0.854. The van der Waals surface area contributed by atoms with E-state index in [0.717, 1.165) is 44.2 Å². The van der Waals surface area contributed by atoms with Gasteiger partial charge in [-0.1, -0.05) is 6.92 Å². The number of nitrogens with zero attached hydrogens (tertiary/aromatic N) is 2. The number of amides is 2. The van der Waals surface area contributed by atoms with Crippen LogP contribution in [-0.2, 0) is 9.59 Å². The van der Waals surface area contributed by atoms with E-state index >= 15 is 0 Å². The minimum absolute atomic E-state index is 0.0605. The molecule has 6 heteroatoms. The summed E-state index contributed by atoms with van der Waals surface area (Å²) in [6.07, 6.45) is 0.662. The van der Waals surface area contributed by atoms with Gasteiger partial charge in [-0.2, -0.15) is 0 Å². The third-order valence-electron chi connectivity index (χ3n) is 5.01. The second-order valence-electron chi connectivity index (χ2n) is 6.65. The van der Waals surface area contributed by atoms with Gasteiger partial charge in [0, 0.05) is 31.9 Å². The highest BCUT2D eigenvalue weighted by Gasteiger charge is 2.49. The second-order valence-corrected chi connectivity index (χ2v) is 6.65. The third kappa shape index (κ3) is 4.31. The highest BCUT2D eigenvalue weighted by Crippen LogP contribution is 2.41. The predicted molar refractivity (Wildman–Crippen MR) is 96.5 cm³/mol. The Kier molecular flexibility index (Phi) is 5.58. The summed E-state index contributed by atoms with van der Waals surface area (Å²) in [7, 11) is 0. The molecule has 136 valence electrons. The lowest BCUT2D eigenvalue weighted by Gasteiger charge is -2.34. The van der Waals surface area contributed by atoms with Crippen LogP contribution >= 0.6 is 0 Å². The molecule has 1 N–H and O–H groups in total. The summed E-state index contributed by atoms with van der Waals surface area (Å²) >= 11 is 0. The summed E-state index contributed by atoms with van der Waals surface area (Å²) in [4.78, 5) is 29.2. The zero-order chi connectivity index (χ0) is 17.8. The molecule has 1 heterocycles. The molecule has 1 aliphatic carbocycles. The number of piperazine rings is 1. The van der Waals surface area contributed by atoms with Gasteiger partial charge >= 0.3 is 0 Å². The van der Waals surface area contributed by atoms with E-state index in [9.17, 15) is 9.59 Å². The topological polar surface area (TPSA) is 61.9 Å². The van der Waals surface area contributed by atoms with Crippen molar-refractivity contribution in [2.75, 3.05) is 44.6 Å². The predicted octanol–water partition coefficient (Wildman–Crippen LogP) is 1.82. The number of hydrogen-bond acceptors (Lipinski definition) is 4. The van der Waals surface area contributed by atoms with E-state index in [1.165, 1.54) is 0 Å². The maximum absolute atomic E-state index is 12.6. The van der Waals surface area contributed by atoms with Gasteiger partial charge < -0.3 is 19.9 Å². The highest BCUT2D eigenvalue weighted by molar-refractivity contribution is 5.99. The average Bonchev–Trinajstić information content (AvgIpc) is 3.44. The van der Waals surface area contributed by atoms with Gasteiger partial charge in [-0.25, -0.2) is 0 Å². The van der Waals surface area contributed by atoms with Crippen LogP contribution in [0.25, 0.3) is 0 Å². The maximum Gasteiger partial charge on any atom is 0.228 e. The third-order valence-corrected chi connectivity index (χ3v) is 5.01. The largest absolute Gasteiger partial charge is 0.494 e. The van der Waals surface area contributed by atoms with Gasteiger partial charge in [-0.3, -0.25) is 9.59 Å². The molecule has 2 fully saturated rings. The Morgan fingerprint density at radius 2 is 1.76 bits per heavy atom. The van der Waals surface area contributed by atoms with E-state index in [1.807, 2.05) is 36.1 Å². The Balaban J connectivity index is 1.47. The fraction of sp³-hybridized carbons (Fsp3) is 0.579. The molecule has 2 aliphatic rings. The Bertz CT molecular complexity index is 609. The van der Waals surface area contributed by atoms with E-state index in [1.54, 1.807) is 0 Å². The summed E-state index contributed by atoms with van der Waals surface area (Å²) in [6, 6.07) is 7.32. The standard InChI is InChI=1S/C19H27N3O3/c1-3-21-9-11-22(12-10-21)19(24)17-13-16(17)18(23)20-14-5-7-15(8-6-14)25-4-2/h5-8,16-17H,3-4,9-13H2,1-2H3,(H,20,23). The first-order valence-electron chi connectivity index (χ1n) is 9.17. The van der Waals surface area contributed by atoms with Crippen LogP contribution < -0.4 is 10.1 Å². The number of ether oxygens (including phenoxy) is 1. The van der Waals surface area contributed by atoms with Crippen molar-refractivity contribution in [3.63, 3.8) is 0 Å². The fourth-order valence-electron chi connectivity index (χ4n) is 3.31. The van der Waals surface area contributed by atoms with Crippen molar-refractivity contribution >= 4 is 17.5 Å². The molecule has 1 saturated heterocycles. The van der Waals surface area contributed by atoms with Crippen molar-refractivity contribution in [1.29, 1.82) is 0 Å². The Hall–Kier alpha value is -2.08. The maximum atomic E-state index is 12.6. The van der Waals surface area contributed by atoms with Crippen molar-refractivity contribution in [2.24, 2.45) is 11.8 Å². The van der Waals surface area contributed by atoms with Crippen LogP contribution in [0.1, 0.15) is 20.3 Å². The summed E-state index contributed by atoms with van der Waals surface area (Å²) in [5.41, 5.74) is 0.739. The first-order chi connectivity index (χ1) is 12.1. The minimum Gasteiger partial charge on any atom is -0.494 e. The van der Waals surface area contributed by atoms with E-state index in [4.69, 9.17) is 4.74 Å². The van der Waals surface area contributed by atoms with Crippen molar-refractivity contribution in [3.8, 4) is 5.75 Å². The Morgan fingerprint density at radius 3 is 2.36 bits per heavy atom. The summed E-state index contributed by atoms with van der Waals surface area (Å²) in [5.74, 6) is 0.530. The zero-order valence-corrected chi connectivity index (χ0v) is 15.0. The molecule has 2 unspecified atom stereocenters. The molecule has 1 saturated carbocycles. The lowest BCUT2D eigenvalue weighted by atomic mass is 10.2. The molecule has 1 aromatic rings. The molecule has 0 bridgehead atoms. The van der Waals surface area contributed by atoms with Gasteiger partial charge in [0.15, 0.2) is 0 Å². The number of hydrogen-bond donors (Lipinski definition) is 1. The van der Waals surface area contributed by atoms with Gasteiger partial charge in [-0.15, -0.1) is 0 Å². The van der Waals surface area contributed by atoms with Crippen molar-refractivity contribution in [1.82, 2.24) is 9.80 Å². The average molecular weight is 345 g/mol. The molecule has 1 aliphatic heterocycles. The lowest BCUT2D eigenvalue weighted by Crippen LogP contribution is -2.49. The molecule has 6 nitrogen and oxygen atoms in total. The van der Waals surface area contributed by atoms with Gasteiger partial charge in [0.2, 0.25) is 11.8 Å². The highest BCUT2D eigenvalue weighted by atomic mass is 16.5. The molecular formula is C19H27N3O3. The van der Waals surface area contributed by atoms with Crippen LogP contribution in [0.5, 0.6) is 5.75 Å². The Morgan fingerprint density at radius 1 is 1.08 bits per heavy atom.